The van der Waals surface area contributed by atoms with Crippen molar-refractivity contribution in [3.05, 3.63) is 71.8 Å². The molecular weight excluding hydrogens is 394 g/mol. The lowest BCUT2D eigenvalue weighted by molar-refractivity contribution is -0.121. The van der Waals surface area contributed by atoms with Crippen molar-refractivity contribution in [3.8, 4) is 0 Å². The van der Waals surface area contributed by atoms with Crippen molar-refractivity contribution in [1.29, 1.82) is 0 Å². The van der Waals surface area contributed by atoms with Crippen LogP contribution in [0, 0.1) is 0 Å². The fourth-order valence-electron chi connectivity index (χ4n) is 3.47. The van der Waals surface area contributed by atoms with Gasteiger partial charge in [-0.2, -0.15) is 0 Å². The molecule has 0 radical (unpaired) electrons. The molecule has 7 heteroatoms. The van der Waals surface area contributed by atoms with Gasteiger partial charge in [-0.15, -0.1) is 5.10 Å². The van der Waals surface area contributed by atoms with Crippen LogP contribution in [0.15, 0.2) is 65.8 Å². The van der Waals surface area contributed by atoms with Crippen molar-refractivity contribution >= 4 is 17.7 Å². The van der Waals surface area contributed by atoms with Gasteiger partial charge in [-0.25, -0.2) is 4.68 Å². The first-order chi connectivity index (χ1) is 14.7. The monoisotopic (exact) mass is 421 g/mol. The number of rotatable bonds is 10. The second kappa shape index (κ2) is 9.89. The largest absolute Gasteiger partial charge is 0.348 e. The van der Waals surface area contributed by atoms with Crippen LogP contribution >= 0.6 is 11.8 Å². The maximum atomic E-state index is 13.0. The van der Waals surface area contributed by atoms with E-state index in [2.05, 4.69) is 57.2 Å². The second-order valence-corrected chi connectivity index (χ2v) is 9.05. The quantitative estimate of drug-likeness (QED) is 0.492. The number of hydrogen-bond acceptors (Lipinski definition) is 5. The lowest BCUT2D eigenvalue weighted by Crippen LogP contribution is -2.34. The van der Waals surface area contributed by atoms with Gasteiger partial charge < -0.3 is 5.32 Å². The molecule has 156 valence electrons. The highest BCUT2D eigenvalue weighted by molar-refractivity contribution is 8.00. The summed E-state index contributed by atoms with van der Waals surface area (Å²) in [6.07, 6.45) is 5.11. The maximum absolute atomic E-state index is 13.0. The summed E-state index contributed by atoms with van der Waals surface area (Å²) < 4.78 is 1.85. The molecule has 2 atom stereocenters. The van der Waals surface area contributed by atoms with E-state index >= 15 is 0 Å². The zero-order chi connectivity index (χ0) is 20.8. The summed E-state index contributed by atoms with van der Waals surface area (Å²) in [5, 5.41) is 15.7. The van der Waals surface area contributed by atoms with Gasteiger partial charge in [0, 0.05) is 0 Å². The van der Waals surface area contributed by atoms with Crippen molar-refractivity contribution in [3.63, 3.8) is 0 Å². The minimum Gasteiger partial charge on any atom is -0.348 e. The van der Waals surface area contributed by atoms with Gasteiger partial charge in [0.15, 0.2) is 0 Å². The summed E-state index contributed by atoms with van der Waals surface area (Å²) >= 11 is 1.43. The Morgan fingerprint density at radius 3 is 2.53 bits per heavy atom. The molecular formula is C23H27N5OS. The topological polar surface area (TPSA) is 72.7 Å². The van der Waals surface area contributed by atoms with E-state index in [1.54, 1.807) is 0 Å². The molecule has 1 aliphatic rings. The number of thioether (sulfide) groups is 1. The Labute approximate surface area is 181 Å². The Bertz CT molecular complexity index is 942. The van der Waals surface area contributed by atoms with Crippen molar-refractivity contribution in [2.45, 2.75) is 61.5 Å². The van der Waals surface area contributed by atoms with Crippen LogP contribution in [0.5, 0.6) is 0 Å². The van der Waals surface area contributed by atoms with Crippen LogP contribution in [0.4, 0.5) is 0 Å². The van der Waals surface area contributed by atoms with Crippen LogP contribution in [0.2, 0.25) is 0 Å². The number of aryl methyl sites for hydroxylation is 1. The van der Waals surface area contributed by atoms with Crippen LogP contribution in [0.25, 0.3) is 0 Å². The van der Waals surface area contributed by atoms with E-state index in [-0.39, 0.29) is 17.2 Å². The predicted octanol–water partition coefficient (Wildman–Crippen LogP) is 4.37. The highest BCUT2D eigenvalue weighted by atomic mass is 32.2. The van der Waals surface area contributed by atoms with Crippen LogP contribution in [-0.4, -0.2) is 31.4 Å². The number of nitrogens with zero attached hydrogens (tertiary/aromatic N) is 4. The number of tetrazole rings is 1. The van der Waals surface area contributed by atoms with Gasteiger partial charge in [0.1, 0.15) is 0 Å². The highest BCUT2D eigenvalue weighted by Crippen LogP contribution is 2.37. The Balaban J connectivity index is 1.37. The van der Waals surface area contributed by atoms with Crippen LogP contribution in [0.1, 0.15) is 55.8 Å². The van der Waals surface area contributed by atoms with Crippen molar-refractivity contribution in [1.82, 2.24) is 25.5 Å². The predicted molar refractivity (Wildman–Crippen MR) is 118 cm³/mol. The molecule has 1 aromatic heterocycles. The minimum atomic E-state index is -0.270. The first-order valence-electron chi connectivity index (χ1n) is 10.5. The van der Waals surface area contributed by atoms with Crippen LogP contribution < -0.4 is 5.32 Å². The number of hydrogen-bond donors (Lipinski definition) is 1. The van der Waals surface area contributed by atoms with Crippen LogP contribution in [-0.2, 0) is 11.2 Å². The molecule has 4 rings (SSSR count). The molecule has 30 heavy (non-hydrogen) atoms. The molecule has 1 saturated carbocycles. The molecule has 6 nitrogen and oxygen atoms in total. The van der Waals surface area contributed by atoms with Gasteiger partial charge in [0.25, 0.3) is 0 Å². The van der Waals surface area contributed by atoms with Gasteiger partial charge in [-0.3, -0.25) is 4.79 Å². The molecule has 0 bridgehead atoms. The van der Waals surface area contributed by atoms with Crippen molar-refractivity contribution < 1.29 is 4.79 Å². The van der Waals surface area contributed by atoms with Gasteiger partial charge >= 0.3 is 0 Å². The first kappa shape index (κ1) is 20.6. The number of benzene rings is 2. The van der Waals surface area contributed by atoms with E-state index < -0.39 is 0 Å². The summed E-state index contributed by atoms with van der Waals surface area (Å²) in [5.74, 6) is 0.0129. The summed E-state index contributed by atoms with van der Waals surface area (Å²) in [6, 6.07) is 21.1. The zero-order valence-corrected chi connectivity index (χ0v) is 18.0. The normalized spacial score (nSPS) is 15.5. The third kappa shape index (κ3) is 5.48. The van der Waals surface area contributed by atoms with Gasteiger partial charge in [-0.1, -0.05) is 72.4 Å². The van der Waals surface area contributed by atoms with Gasteiger partial charge in [-0.05, 0) is 60.6 Å². The molecule has 2 unspecified atom stereocenters. The Kier molecular flexibility index (Phi) is 6.79. The maximum Gasteiger partial charge on any atom is 0.233 e. The number of carbonyl (C=O) groups excluding carboxylic acids is 1. The molecule has 1 N–H and O–H groups in total. The third-order valence-electron chi connectivity index (χ3n) is 5.33. The van der Waals surface area contributed by atoms with E-state index in [1.165, 1.54) is 17.3 Å². The summed E-state index contributed by atoms with van der Waals surface area (Å²) in [7, 11) is 0. The van der Waals surface area contributed by atoms with Gasteiger partial charge in [0.05, 0.1) is 17.3 Å². The van der Waals surface area contributed by atoms with Gasteiger partial charge in [0.2, 0.25) is 11.1 Å². The number of aromatic nitrogens is 4. The van der Waals surface area contributed by atoms with Crippen LogP contribution in [0.3, 0.4) is 0 Å². The molecule has 1 aliphatic carbocycles. The smallest absolute Gasteiger partial charge is 0.233 e. The molecule has 0 spiro atoms. The molecule has 2 aromatic carbocycles. The fourth-order valence-corrected chi connectivity index (χ4v) is 4.34. The average Bonchev–Trinajstić information content (AvgIpc) is 3.53. The molecule has 0 saturated heterocycles. The van der Waals surface area contributed by atoms with Crippen molar-refractivity contribution in [2.75, 3.05) is 0 Å². The standard InChI is InChI=1S/C23H27N5OS/c1-17(30-23-25-26-27-28(23)20-15-16-20)22(29)24-21(19-12-6-3-7-13-19)14-8-11-18-9-4-2-5-10-18/h2-7,9-10,12-13,17,20-21H,8,11,14-16H2,1H3,(H,24,29). The first-order valence-corrected chi connectivity index (χ1v) is 11.4. The fraction of sp³-hybridized carbons (Fsp3) is 0.391. The van der Waals surface area contributed by atoms with E-state index in [1.807, 2.05) is 35.9 Å². The number of carbonyl (C=O) groups is 1. The second-order valence-electron chi connectivity index (χ2n) is 7.75. The summed E-state index contributed by atoms with van der Waals surface area (Å²) in [4.78, 5) is 13.0. The Morgan fingerprint density at radius 1 is 1.13 bits per heavy atom. The molecule has 1 heterocycles. The van der Waals surface area contributed by atoms with E-state index in [9.17, 15) is 4.79 Å². The summed E-state index contributed by atoms with van der Waals surface area (Å²) in [5.41, 5.74) is 2.46. The number of amides is 1. The van der Waals surface area contributed by atoms with E-state index in [4.69, 9.17) is 0 Å². The molecule has 1 fully saturated rings. The zero-order valence-electron chi connectivity index (χ0n) is 17.1. The minimum absolute atomic E-state index is 0.00936. The molecule has 1 amide bonds. The number of nitrogens with one attached hydrogen (secondary N) is 1. The van der Waals surface area contributed by atoms with E-state index in [0.29, 0.717) is 6.04 Å². The lowest BCUT2D eigenvalue weighted by atomic mass is 9.99. The SMILES string of the molecule is CC(Sc1nnnn1C1CC1)C(=O)NC(CCCc1ccccc1)c1ccccc1. The highest BCUT2D eigenvalue weighted by Gasteiger charge is 2.29. The third-order valence-corrected chi connectivity index (χ3v) is 6.37. The Hall–Kier alpha value is -2.67. The molecule has 3 aromatic rings. The van der Waals surface area contributed by atoms with Crippen molar-refractivity contribution in [2.24, 2.45) is 0 Å². The van der Waals surface area contributed by atoms with E-state index in [0.717, 1.165) is 42.8 Å². The summed E-state index contributed by atoms with van der Waals surface area (Å²) in [6.45, 7) is 1.91. The lowest BCUT2D eigenvalue weighted by Gasteiger charge is -2.21. The molecule has 0 aliphatic heterocycles. The average molecular weight is 422 g/mol. The Morgan fingerprint density at radius 2 is 1.83 bits per heavy atom.